The molecule has 3 rings (SSSR count). The zero-order valence-electron chi connectivity index (χ0n) is 14.1. The van der Waals surface area contributed by atoms with E-state index in [9.17, 15) is 4.79 Å². The molecule has 24 heavy (non-hydrogen) atoms. The first-order valence-corrected chi connectivity index (χ1v) is 8.18. The second-order valence-corrected chi connectivity index (χ2v) is 6.00. The van der Waals surface area contributed by atoms with Crippen LogP contribution in [0.2, 0.25) is 0 Å². The molecule has 6 nitrogen and oxygen atoms in total. The number of carbonyl (C=O) groups is 1. The summed E-state index contributed by atoms with van der Waals surface area (Å²) in [6.07, 6.45) is 5.16. The third-order valence-corrected chi connectivity index (χ3v) is 4.44. The van der Waals surface area contributed by atoms with E-state index in [0.717, 1.165) is 30.0 Å². The Morgan fingerprint density at radius 1 is 1.33 bits per heavy atom. The number of aromatic nitrogens is 2. The van der Waals surface area contributed by atoms with Crippen LogP contribution in [0.3, 0.4) is 0 Å². The van der Waals surface area contributed by atoms with Crippen molar-refractivity contribution in [3.8, 4) is 5.75 Å². The fourth-order valence-corrected chi connectivity index (χ4v) is 2.97. The Kier molecular flexibility index (Phi) is 5.15. The van der Waals surface area contributed by atoms with Crippen LogP contribution in [0.25, 0.3) is 0 Å². The monoisotopic (exact) mass is 329 g/mol. The molecule has 2 aromatic rings. The molecule has 0 spiro atoms. The van der Waals surface area contributed by atoms with E-state index in [1.807, 2.05) is 42.1 Å². The molecular formula is C18H23N3O3. The van der Waals surface area contributed by atoms with Gasteiger partial charge in [-0.1, -0.05) is 12.1 Å². The average Bonchev–Trinajstić information content (AvgIpc) is 3.06. The molecule has 1 aliphatic rings. The van der Waals surface area contributed by atoms with Crippen LogP contribution < -0.4 is 10.1 Å². The number of nitrogens with one attached hydrogen (secondary N) is 1. The predicted molar refractivity (Wildman–Crippen MR) is 89.7 cm³/mol. The van der Waals surface area contributed by atoms with Crippen molar-refractivity contribution in [1.82, 2.24) is 14.9 Å². The summed E-state index contributed by atoms with van der Waals surface area (Å²) >= 11 is 0. The number of amides is 1. The summed E-state index contributed by atoms with van der Waals surface area (Å²) in [5.41, 5.74) is 0.977. The molecule has 1 aliphatic heterocycles. The Hall–Kier alpha value is -2.34. The lowest BCUT2D eigenvalue weighted by Crippen LogP contribution is -2.38. The predicted octanol–water partition coefficient (Wildman–Crippen LogP) is 2.06. The molecule has 0 saturated carbocycles. The summed E-state index contributed by atoms with van der Waals surface area (Å²) in [5.74, 6) is 1.65. The van der Waals surface area contributed by atoms with E-state index in [0.29, 0.717) is 13.2 Å². The lowest BCUT2D eigenvalue weighted by Gasteiger charge is -2.25. The van der Waals surface area contributed by atoms with Crippen LogP contribution in [0, 0.1) is 5.92 Å². The van der Waals surface area contributed by atoms with Crippen LogP contribution in [-0.4, -0.2) is 35.8 Å². The molecule has 0 radical (unpaired) electrons. The normalized spacial score (nSPS) is 16.6. The number of hydrogen-bond acceptors (Lipinski definition) is 4. The second-order valence-electron chi connectivity index (χ2n) is 6.00. The number of nitrogens with zero attached hydrogens (tertiary/aromatic N) is 2. The molecule has 0 aliphatic carbocycles. The fourth-order valence-electron chi connectivity index (χ4n) is 2.97. The van der Waals surface area contributed by atoms with Crippen molar-refractivity contribution in [3.05, 3.63) is 48.0 Å². The number of imidazole rings is 1. The van der Waals surface area contributed by atoms with E-state index in [1.165, 1.54) is 0 Å². The van der Waals surface area contributed by atoms with Crippen molar-refractivity contribution in [3.63, 3.8) is 0 Å². The highest BCUT2D eigenvalue weighted by atomic mass is 16.5. The summed E-state index contributed by atoms with van der Waals surface area (Å²) < 4.78 is 12.5. The first-order valence-electron chi connectivity index (χ1n) is 8.18. The maximum absolute atomic E-state index is 12.7. The number of ether oxygens (including phenoxy) is 2. The second kappa shape index (κ2) is 7.49. The van der Waals surface area contributed by atoms with Crippen molar-refractivity contribution in [2.75, 3.05) is 20.3 Å². The van der Waals surface area contributed by atoms with Gasteiger partial charge in [0.15, 0.2) is 0 Å². The van der Waals surface area contributed by atoms with Gasteiger partial charge in [0.1, 0.15) is 17.6 Å². The van der Waals surface area contributed by atoms with Gasteiger partial charge in [0.05, 0.1) is 7.11 Å². The number of aryl methyl sites for hydroxylation is 1. The highest BCUT2D eigenvalue weighted by molar-refractivity contribution is 5.79. The first kappa shape index (κ1) is 16.5. The van der Waals surface area contributed by atoms with Crippen molar-refractivity contribution in [2.45, 2.75) is 18.9 Å². The van der Waals surface area contributed by atoms with E-state index in [2.05, 4.69) is 10.3 Å². The third kappa shape index (κ3) is 3.59. The average molecular weight is 329 g/mol. The third-order valence-electron chi connectivity index (χ3n) is 4.44. The van der Waals surface area contributed by atoms with Crippen molar-refractivity contribution < 1.29 is 14.3 Å². The van der Waals surface area contributed by atoms with E-state index in [1.54, 1.807) is 13.3 Å². The molecule has 1 amide bonds. The summed E-state index contributed by atoms with van der Waals surface area (Å²) in [4.78, 5) is 17.1. The topological polar surface area (TPSA) is 65.4 Å². The zero-order valence-corrected chi connectivity index (χ0v) is 14.1. The Morgan fingerprint density at radius 2 is 2.04 bits per heavy atom. The van der Waals surface area contributed by atoms with E-state index in [-0.39, 0.29) is 17.9 Å². The van der Waals surface area contributed by atoms with Gasteiger partial charge in [-0.05, 0) is 30.5 Å². The summed E-state index contributed by atoms with van der Waals surface area (Å²) in [6, 6.07) is 7.43. The Morgan fingerprint density at radius 3 is 2.62 bits per heavy atom. The minimum atomic E-state index is -0.286. The molecule has 6 heteroatoms. The molecule has 128 valence electrons. The summed E-state index contributed by atoms with van der Waals surface area (Å²) in [6.45, 7) is 1.29. The number of hydrogen-bond donors (Lipinski definition) is 1. The highest BCUT2D eigenvalue weighted by Crippen LogP contribution is 2.24. The van der Waals surface area contributed by atoms with Crippen LogP contribution in [0.4, 0.5) is 0 Å². The summed E-state index contributed by atoms with van der Waals surface area (Å²) in [7, 11) is 3.57. The molecule has 1 aromatic carbocycles. The van der Waals surface area contributed by atoms with Gasteiger partial charge >= 0.3 is 0 Å². The largest absolute Gasteiger partial charge is 0.497 e. The van der Waals surface area contributed by atoms with Crippen molar-refractivity contribution >= 4 is 5.91 Å². The lowest BCUT2D eigenvalue weighted by atomic mass is 9.98. The van der Waals surface area contributed by atoms with Gasteiger partial charge in [0.25, 0.3) is 0 Å². The van der Waals surface area contributed by atoms with Crippen LogP contribution in [0.15, 0.2) is 36.7 Å². The molecule has 1 N–H and O–H groups in total. The number of rotatable bonds is 5. The van der Waals surface area contributed by atoms with E-state index in [4.69, 9.17) is 9.47 Å². The fraction of sp³-hybridized carbons (Fsp3) is 0.444. The van der Waals surface area contributed by atoms with Gasteiger partial charge in [-0.25, -0.2) is 4.98 Å². The number of benzene rings is 1. The van der Waals surface area contributed by atoms with Crippen molar-refractivity contribution in [1.29, 1.82) is 0 Å². The van der Waals surface area contributed by atoms with Crippen LogP contribution in [0.5, 0.6) is 5.75 Å². The maximum Gasteiger partial charge on any atom is 0.224 e. The molecule has 1 fully saturated rings. The van der Waals surface area contributed by atoms with Gasteiger partial charge in [0, 0.05) is 38.6 Å². The smallest absolute Gasteiger partial charge is 0.224 e. The van der Waals surface area contributed by atoms with E-state index >= 15 is 0 Å². The number of carbonyl (C=O) groups excluding carboxylic acids is 1. The molecule has 1 atom stereocenters. The minimum Gasteiger partial charge on any atom is -0.497 e. The molecule has 1 aromatic heterocycles. The quantitative estimate of drug-likeness (QED) is 0.912. The van der Waals surface area contributed by atoms with Gasteiger partial charge < -0.3 is 19.4 Å². The van der Waals surface area contributed by atoms with Gasteiger partial charge in [-0.2, -0.15) is 0 Å². The zero-order chi connectivity index (χ0) is 16.9. The molecular weight excluding hydrogens is 306 g/mol. The van der Waals surface area contributed by atoms with Gasteiger partial charge in [0.2, 0.25) is 5.91 Å². The molecule has 1 unspecified atom stereocenters. The number of methoxy groups -OCH3 is 1. The minimum absolute atomic E-state index is 0.000216. The first-order chi connectivity index (χ1) is 11.7. The van der Waals surface area contributed by atoms with Crippen molar-refractivity contribution in [2.24, 2.45) is 13.0 Å². The standard InChI is InChI=1S/C18H23N3O3/c1-21-10-9-19-17(21)16(13-3-5-15(23-2)6-4-13)20-18(22)14-7-11-24-12-8-14/h3-6,9-10,14,16H,7-8,11-12H2,1-2H3,(H,20,22). The molecule has 2 heterocycles. The van der Waals surface area contributed by atoms with Gasteiger partial charge in [-0.15, -0.1) is 0 Å². The van der Waals surface area contributed by atoms with E-state index < -0.39 is 0 Å². The Bertz CT molecular complexity index is 675. The SMILES string of the molecule is COc1ccc(C(NC(=O)C2CCOCC2)c2nccn2C)cc1. The molecule has 1 saturated heterocycles. The molecule has 0 bridgehead atoms. The summed E-state index contributed by atoms with van der Waals surface area (Å²) in [5, 5.41) is 3.17. The van der Waals surface area contributed by atoms with Crippen LogP contribution in [0.1, 0.15) is 30.3 Å². The lowest BCUT2D eigenvalue weighted by molar-refractivity contribution is -0.128. The van der Waals surface area contributed by atoms with Gasteiger partial charge in [-0.3, -0.25) is 4.79 Å². The van der Waals surface area contributed by atoms with Crippen LogP contribution in [-0.2, 0) is 16.6 Å². The highest BCUT2D eigenvalue weighted by Gasteiger charge is 2.26. The van der Waals surface area contributed by atoms with Crippen LogP contribution >= 0.6 is 0 Å². The Labute approximate surface area is 141 Å². The Balaban J connectivity index is 1.84. The maximum atomic E-state index is 12.7.